The summed E-state index contributed by atoms with van der Waals surface area (Å²) < 4.78 is 7.49. The quantitative estimate of drug-likeness (QED) is 0.694. The molecule has 2 heterocycles. The van der Waals surface area contributed by atoms with Crippen molar-refractivity contribution in [3.63, 3.8) is 0 Å². The summed E-state index contributed by atoms with van der Waals surface area (Å²) in [6.45, 7) is 6.75. The number of amides is 1. The number of carbonyl (C=O) groups excluding carboxylic acids is 1. The number of nitrogens with two attached hydrogens (primary N) is 1. The van der Waals surface area contributed by atoms with Gasteiger partial charge in [-0.2, -0.15) is 0 Å². The van der Waals surface area contributed by atoms with E-state index in [1.54, 1.807) is 36.5 Å². The average Bonchev–Trinajstić information content (AvgIpc) is 3.11. The highest BCUT2D eigenvalue weighted by Gasteiger charge is 2.14. The molecule has 0 bridgehead atoms. The van der Waals surface area contributed by atoms with Gasteiger partial charge in [-0.25, -0.2) is 9.67 Å². The van der Waals surface area contributed by atoms with E-state index in [1.807, 2.05) is 16.9 Å². The Balaban J connectivity index is 1.60. The van der Waals surface area contributed by atoms with Crippen LogP contribution in [0.1, 0.15) is 36.8 Å². The van der Waals surface area contributed by atoms with Crippen LogP contribution < -0.4 is 15.8 Å². The van der Waals surface area contributed by atoms with Gasteiger partial charge in [-0.1, -0.05) is 11.3 Å². The lowest BCUT2D eigenvalue weighted by molar-refractivity contribution is 0.1000. The van der Waals surface area contributed by atoms with Crippen LogP contribution in [0.3, 0.4) is 0 Å². The van der Waals surface area contributed by atoms with Gasteiger partial charge in [-0.05, 0) is 45.0 Å². The molecule has 0 radical (unpaired) electrons. The van der Waals surface area contributed by atoms with E-state index >= 15 is 0 Å². The minimum absolute atomic E-state index is 0.0996. The fourth-order valence-corrected chi connectivity index (χ4v) is 2.28. The van der Waals surface area contributed by atoms with E-state index in [-0.39, 0.29) is 5.54 Å². The molecule has 0 unspecified atom stereocenters. The SMILES string of the molecule is CC(C)(C)n1cc(CNc2ccc(Oc3cccc(C(N)=O)c3)nc2)nn1. The standard InChI is InChI=1S/C19H22N6O2/c1-19(2,3)25-12-15(23-24-25)11-21-14-7-8-17(22-10-14)27-16-6-4-5-13(9-16)18(20)26/h4-10,12,21H,11H2,1-3H3,(H2,20,26). The summed E-state index contributed by atoms with van der Waals surface area (Å²) in [7, 11) is 0. The van der Waals surface area contributed by atoms with Gasteiger partial charge in [0.15, 0.2) is 0 Å². The van der Waals surface area contributed by atoms with Gasteiger partial charge >= 0.3 is 0 Å². The molecule has 0 aliphatic rings. The van der Waals surface area contributed by atoms with Crippen molar-refractivity contribution >= 4 is 11.6 Å². The van der Waals surface area contributed by atoms with Gasteiger partial charge in [0, 0.05) is 11.6 Å². The highest BCUT2D eigenvalue weighted by atomic mass is 16.5. The number of primary amides is 1. The average molecular weight is 366 g/mol. The second-order valence-electron chi connectivity index (χ2n) is 7.06. The summed E-state index contributed by atoms with van der Waals surface area (Å²) in [4.78, 5) is 15.5. The topological polar surface area (TPSA) is 108 Å². The zero-order valence-corrected chi connectivity index (χ0v) is 15.5. The summed E-state index contributed by atoms with van der Waals surface area (Å²) in [5.41, 5.74) is 7.23. The van der Waals surface area contributed by atoms with Crippen LogP contribution in [-0.4, -0.2) is 25.9 Å². The molecule has 1 aromatic carbocycles. The minimum Gasteiger partial charge on any atom is -0.439 e. The van der Waals surface area contributed by atoms with Crippen LogP contribution >= 0.6 is 0 Å². The fourth-order valence-electron chi connectivity index (χ4n) is 2.28. The van der Waals surface area contributed by atoms with Gasteiger partial charge < -0.3 is 15.8 Å². The van der Waals surface area contributed by atoms with Crippen LogP contribution in [0.25, 0.3) is 0 Å². The predicted octanol–water partition coefficient (Wildman–Crippen LogP) is 2.93. The Bertz CT molecular complexity index is 928. The fraction of sp³-hybridized carbons (Fsp3) is 0.263. The Kier molecular flexibility index (Phi) is 5.07. The lowest BCUT2D eigenvalue weighted by atomic mass is 10.1. The Hall–Kier alpha value is -3.42. The Morgan fingerprint density at radius 1 is 1.26 bits per heavy atom. The zero-order valence-electron chi connectivity index (χ0n) is 15.5. The molecule has 0 atom stereocenters. The molecule has 3 N–H and O–H groups in total. The maximum atomic E-state index is 11.2. The summed E-state index contributed by atoms with van der Waals surface area (Å²) in [6.07, 6.45) is 3.59. The Morgan fingerprint density at radius 2 is 2.07 bits per heavy atom. The molecule has 2 aromatic heterocycles. The van der Waals surface area contributed by atoms with Gasteiger partial charge in [0.2, 0.25) is 11.8 Å². The van der Waals surface area contributed by atoms with Gasteiger partial charge in [0.1, 0.15) is 11.4 Å². The molecular formula is C19H22N6O2. The first-order chi connectivity index (χ1) is 12.8. The van der Waals surface area contributed by atoms with Crippen molar-refractivity contribution in [1.29, 1.82) is 0 Å². The number of hydrogen-bond acceptors (Lipinski definition) is 6. The first-order valence-electron chi connectivity index (χ1n) is 8.50. The third-order valence-electron chi connectivity index (χ3n) is 3.78. The van der Waals surface area contributed by atoms with Crippen molar-refractivity contribution < 1.29 is 9.53 Å². The molecule has 8 heteroatoms. The van der Waals surface area contributed by atoms with E-state index in [0.717, 1.165) is 11.4 Å². The number of aromatic nitrogens is 4. The van der Waals surface area contributed by atoms with E-state index in [4.69, 9.17) is 10.5 Å². The number of rotatable bonds is 6. The van der Waals surface area contributed by atoms with Crippen LogP contribution in [0.2, 0.25) is 0 Å². The van der Waals surface area contributed by atoms with E-state index in [0.29, 0.717) is 23.7 Å². The molecule has 0 fully saturated rings. The van der Waals surface area contributed by atoms with Crippen molar-refractivity contribution in [3.8, 4) is 11.6 Å². The second kappa shape index (κ2) is 7.45. The van der Waals surface area contributed by atoms with Gasteiger partial charge in [0.05, 0.1) is 30.2 Å². The molecule has 0 spiro atoms. The first-order valence-corrected chi connectivity index (χ1v) is 8.50. The molecule has 3 aromatic rings. The minimum atomic E-state index is -0.503. The Morgan fingerprint density at radius 3 is 2.70 bits per heavy atom. The summed E-state index contributed by atoms with van der Waals surface area (Å²) in [5, 5.41) is 11.5. The number of nitrogens with zero attached hydrogens (tertiary/aromatic N) is 4. The monoisotopic (exact) mass is 366 g/mol. The maximum absolute atomic E-state index is 11.2. The van der Waals surface area contributed by atoms with Crippen molar-refractivity contribution in [2.75, 3.05) is 5.32 Å². The lowest BCUT2D eigenvalue weighted by Crippen LogP contribution is -2.22. The van der Waals surface area contributed by atoms with Crippen LogP contribution in [0.5, 0.6) is 11.6 Å². The normalized spacial score (nSPS) is 11.2. The molecule has 27 heavy (non-hydrogen) atoms. The summed E-state index contributed by atoms with van der Waals surface area (Å²) in [6, 6.07) is 10.2. The zero-order chi connectivity index (χ0) is 19.4. The molecule has 1 amide bonds. The number of ether oxygens (including phenoxy) is 1. The van der Waals surface area contributed by atoms with Gasteiger partial charge in [-0.3, -0.25) is 4.79 Å². The Labute approximate surface area is 157 Å². The molecule has 8 nitrogen and oxygen atoms in total. The van der Waals surface area contributed by atoms with Crippen molar-refractivity contribution in [1.82, 2.24) is 20.0 Å². The number of anilines is 1. The smallest absolute Gasteiger partial charge is 0.248 e. The number of carbonyl (C=O) groups is 1. The molecule has 140 valence electrons. The molecule has 0 saturated heterocycles. The number of hydrogen-bond donors (Lipinski definition) is 2. The van der Waals surface area contributed by atoms with Crippen molar-refractivity contribution in [2.24, 2.45) is 5.73 Å². The maximum Gasteiger partial charge on any atom is 0.248 e. The third kappa shape index (κ3) is 4.81. The van der Waals surface area contributed by atoms with E-state index in [9.17, 15) is 4.79 Å². The molecule has 0 aliphatic heterocycles. The molecule has 3 rings (SSSR count). The summed E-state index contributed by atoms with van der Waals surface area (Å²) >= 11 is 0. The van der Waals surface area contributed by atoms with Crippen LogP contribution in [0, 0.1) is 0 Å². The number of nitrogens with one attached hydrogen (secondary N) is 1. The predicted molar refractivity (Wildman–Crippen MR) is 102 cm³/mol. The van der Waals surface area contributed by atoms with Gasteiger partial charge in [-0.15, -0.1) is 5.10 Å². The third-order valence-corrected chi connectivity index (χ3v) is 3.78. The van der Waals surface area contributed by atoms with Crippen molar-refractivity contribution in [2.45, 2.75) is 32.9 Å². The number of benzene rings is 1. The van der Waals surface area contributed by atoms with Crippen LogP contribution in [0.15, 0.2) is 48.8 Å². The first kappa shape index (κ1) is 18.4. The molecule has 0 saturated carbocycles. The van der Waals surface area contributed by atoms with Crippen LogP contribution in [0.4, 0.5) is 5.69 Å². The summed E-state index contributed by atoms with van der Waals surface area (Å²) in [5.74, 6) is 0.413. The lowest BCUT2D eigenvalue weighted by Gasteiger charge is -2.17. The second-order valence-corrected chi connectivity index (χ2v) is 7.06. The largest absolute Gasteiger partial charge is 0.439 e. The van der Waals surface area contributed by atoms with Gasteiger partial charge in [0.25, 0.3) is 0 Å². The van der Waals surface area contributed by atoms with E-state index < -0.39 is 5.91 Å². The van der Waals surface area contributed by atoms with E-state index in [1.165, 1.54) is 0 Å². The van der Waals surface area contributed by atoms with E-state index in [2.05, 4.69) is 41.4 Å². The van der Waals surface area contributed by atoms with Crippen molar-refractivity contribution in [3.05, 3.63) is 60.0 Å². The molecule has 0 aliphatic carbocycles. The number of pyridine rings is 1. The molecular weight excluding hydrogens is 344 g/mol. The highest BCUT2D eigenvalue weighted by Crippen LogP contribution is 2.21. The van der Waals surface area contributed by atoms with Crippen LogP contribution in [-0.2, 0) is 12.1 Å². The highest BCUT2D eigenvalue weighted by molar-refractivity contribution is 5.93.